The number of rotatable bonds is 4. The van der Waals surface area contributed by atoms with Crippen molar-refractivity contribution in [3.8, 4) is 0 Å². The van der Waals surface area contributed by atoms with Gasteiger partial charge in [-0.2, -0.15) is 0 Å². The van der Waals surface area contributed by atoms with Crippen molar-refractivity contribution in [2.45, 2.75) is 25.9 Å². The van der Waals surface area contributed by atoms with Crippen molar-refractivity contribution in [1.29, 1.82) is 0 Å². The molecule has 0 saturated carbocycles. The Morgan fingerprint density at radius 2 is 1.83 bits per heavy atom. The summed E-state index contributed by atoms with van der Waals surface area (Å²) in [6.07, 6.45) is 0.816. The summed E-state index contributed by atoms with van der Waals surface area (Å²) >= 11 is 5.95. The Morgan fingerprint density at radius 3 is 2.60 bits per heavy atom. The van der Waals surface area contributed by atoms with Gasteiger partial charge in [0.2, 0.25) is 0 Å². The first-order chi connectivity index (χ1) is 14.5. The lowest BCUT2D eigenvalue weighted by Gasteiger charge is -2.23. The van der Waals surface area contributed by atoms with Gasteiger partial charge in [0, 0.05) is 34.5 Å². The first-order valence-electron chi connectivity index (χ1n) is 9.82. The number of nitrogens with one attached hydrogen (secondary N) is 2. The molecule has 6 heteroatoms. The van der Waals surface area contributed by atoms with Crippen LogP contribution in [0.5, 0.6) is 0 Å². The van der Waals surface area contributed by atoms with Gasteiger partial charge in [0.25, 0.3) is 5.91 Å². The summed E-state index contributed by atoms with van der Waals surface area (Å²) in [5.41, 5.74) is 4.27. The monoisotopic (exact) mass is 419 g/mol. The first kappa shape index (κ1) is 20.0. The highest BCUT2D eigenvalue weighted by Crippen LogP contribution is 2.34. The van der Waals surface area contributed by atoms with E-state index >= 15 is 0 Å². The average molecular weight is 420 g/mol. The van der Waals surface area contributed by atoms with E-state index in [9.17, 15) is 9.59 Å². The summed E-state index contributed by atoms with van der Waals surface area (Å²) in [5.74, 6) is -0.00865. The van der Waals surface area contributed by atoms with Crippen molar-refractivity contribution >= 4 is 34.9 Å². The second kappa shape index (κ2) is 8.59. The Kier molecular flexibility index (Phi) is 5.72. The third-order valence-corrected chi connectivity index (χ3v) is 5.38. The Bertz CT molecular complexity index is 1080. The van der Waals surface area contributed by atoms with Crippen LogP contribution in [0.15, 0.2) is 72.8 Å². The van der Waals surface area contributed by atoms with Crippen molar-refractivity contribution in [2.24, 2.45) is 0 Å². The van der Waals surface area contributed by atoms with E-state index in [4.69, 9.17) is 11.6 Å². The molecule has 3 aromatic rings. The fourth-order valence-electron chi connectivity index (χ4n) is 3.72. The fraction of sp³-hybridized carbons (Fsp3) is 0.167. The quantitative estimate of drug-likeness (QED) is 0.606. The molecule has 1 aliphatic heterocycles. The molecule has 0 fully saturated rings. The smallest absolute Gasteiger partial charge is 0.319 e. The van der Waals surface area contributed by atoms with Crippen LogP contribution in [0, 0.1) is 0 Å². The zero-order valence-electron chi connectivity index (χ0n) is 16.6. The molecule has 0 spiro atoms. The third kappa shape index (κ3) is 4.31. The predicted octanol–water partition coefficient (Wildman–Crippen LogP) is 5.25. The highest BCUT2D eigenvalue weighted by molar-refractivity contribution is 6.30. The van der Waals surface area contributed by atoms with Crippen LogP contribution in [-0.2, 0) is 13.0 Å². The van der Waals surface area contributed by atoms with Crippen LogP contribution >= 0.6 is 11.6 Å². The first-order valence-corrected chi connectivity index (χ1v) is 10.2. The number of fused-ring (bicyclic) bond motifs is 1. The molecule has 3 aromatic carbocycles. The predicted molar refractivity (Wildman–Crippen MR) is 120 cm³/mol. The molecule has 152 valence electrons. The molecule has 3 amide bonds. The van der Waals surface area contributed by atoms with E-state index in [1.54, 1.807) is 24.3 Å². The van der Waals surface area contributed by atoms with Crippen LogP contribution < -0.4 is 15.5 Å². The van der Waals surface area contributed by atoms with Gasteiger partial charge in [-0.3, -0.25) is 4.79 Å². The number of benzene rings is 3. The number of hydrogen-bond acceptors (Lipinski definition) is 2. The molecule has 2 N–H and O–H groups in total. The summed E-state index contributed by atoms with van der Waals surface area (Å²) in [6.45, 7) is 2.40. The molecule has 30 heavy (non-hydrogen) atoms. The second-order valence-corrected chi connectivity index (χ2v) is 7.81. The fourth-order valence-corrected chi connectivity index (χ4v) is 3.91. The lowest BCUT2D eigenvalue weighted by atomic mass is 10.1. The summed E-state index contributed by atoms with van der Waals surface area (Å²) in [6, 6.07) is 22.1. The van der Waals surface area contributed by atoms with E-state index < -0.39 is 0 Å². The van der Waals surface area contributed by atoms with Gasteiger partial charge in [-0.05, 0) is 60.9 Å². The summed E-state index contributed by atoms with van der Waals surface area (Å²) in [5, 5.41) is 6.17. The lowest BCUT2D eigenvalue weighted by molar-refractivity contribution is 0.0981. The van der Waals surface area contributed by atoms with Gasteiger partial charge in [-0.15, -0.1) is 0 Å². The van der Waals surface area contributed by atoms with Gasteiger partial charge in [0.05, 0.1) is 0 Å². The molecule has 1 heterocycles. The molecule has 0 aliphatic carbocycles. The van der Waals surface area contributed by atoms with Crippen LogP contribution in [0.4, 0.5) is 16.2 Å². The van der Waals surface area contributed by atoms with Crippen LogP contribution in [0.3, 0.4) is 0 Å². The molecule has 1 aliphatic rings. The van der Waals surface area contributed by atoms with E-state index in [-0.39, 0.29) is 18.0 Å². The number of amides is 3. The molecular weight excluding hydrogens is 398 g/mol. The van der Waals surface area contributed by atoms with Crippen LogP contribution in [0.2, 0.25) is 5.02 Å². The minimum absolute atomic E-state index is 0.00865. The van der Waals surface area contributed by atoms with Crippen molar-refractivity contribution in [2.75, 3.05) is 10.2 Å². The molecule has 0 aromatic heterocycles. The molecule has 0 bridgehead atoms. The highest BCUT2D eigenvalue weighted by atomic mass is 35.5. The summed E-state index contributed by atoms with van der Waals surface area (Å²) in [7, 11) is 0. The number of carbonyl (C=O) groups is 2. The standard InChI is InChI=1S/C24H22ClN3O2/c1-16-12-19-11-10-17(15-26-24(30)27-21-9-5-8-20(25)14-21)13-22(19)28(16)23(29)18-6-3-2-4-7-18/h2-11,13-14,16H,12,15H2,1H3,(H2,26,27,30). The van der Waals surface area contributed by atoms with Crippen LogP contribution in [0.25, 0.3) is 0 Å². The Labute approximate surface area is 180 Å². The van der Waals surface area contributed by atoms with E-state index in [1.807, 2.05) is 53.4 Å². The lowest BCUT2D eigenvalue weighted by Crippen LogP contribution is -2.35. The maximum absolute atomic E-state index is 13.1. The zero-order valence-corrected chi connectivity index (χ0v) is 17.3. The molecule has 4 rings (SSSR count). The topological polar surface area (TPSA) is 61.4 Å². The Morgan fingerprint density at radius 1 is 1.03 bits per heavy atom. The van der Waals surface area contributed by atoms with Crippen molar-refractivity contribution in [3.63, 3.8) is 0 Å². The van der Waals surface area contributed by atoms with Gasteiger partial charge < -0.3 is 15.5 Å². The maximum atomic E-state index is 13.1. The zero-order chi connectivity index (χ0) is 21.1. The number of nitrogens with zero attached hydrogens (tertiary/aromatic N) is 1. The SMILES string of the molecule is CC1Cc2ccc(CNC(=O)Nc3cccc(Cl)c3)cc2N1C(=O)c1ccccc1. The Balaban J connectivity index is 1.46. The maximum Gasteiger partial charge on any atom is 0.319 e. The second-order valence-electron chi connectivity index (χ2n) is 7.38. The van der Waals surface area contributed by atoms with Crippen molar-refractivity contribution < 1.29 is 9.59 Å². The van der Waals surface area contributed by atoms with E-state index in [0.29, 0.717) is 22.8 Å². The van der Waals surface area contributed by atoms with Crippen LogP contribution in [0.1, 0.15) is 28.4 Å². The summed E-state index contributed by atoms with van der Waals surface area (Å²) in [4.78, 5) is 27.1. The van der Waals surface area contributed by atoms with Crippen molar-refractivity contribution in [3.05, 3.63) is 94.5 Å². The summed E-state index contributed by atoms with van der Waals surface area (Å²) < 4.78 is 0. The van der Waals surface area contributed by atoms with Crippen molar-refractivity contribution in [1.82, 2.24) is 5.32 Å². The van der Waals surface area contributed by atoms with Crippen LogP contribution in [-0.4, -0.2) is 18.0 Å². The minimum atomic E-state index is -0.316. The van der Waals surface area contributed by atoms with Gasteiger partial charge in [-0.25, -0.2) is 4.79 Å². The normalized spacial score (nSPS) is 14.9. The molecule has 0 saturated heterocycles. The molecule has 1 atom stereocenters. The van der Waals surface area contributed by atoms with Gasteiger partial charge in [-0.1, -0.05) is 48.0 Å². The van der Waals surface area contributed by atoms with Gasteiger partial charge >= 0.3 is 6.03 Å². The van der Waals surface area contributed by atoms with Gasteiger partial charge in [0.1, 0.15) is 0 Å². The van der Waals surface area contributed by atoms with E-state index in [0.717, 1.165) is 23.2 Å². The number of carbonyl (C=O) groups excluding carboxylic acids is 2. The minimum Gasteiger partial charge on any atom is -0.334 e. The molecule has 5 nitrogen and oxygen atoms in total. The largest absolute Gasteiger partial charge is 0.334 e. The highest BCUT2D eigenvalue weighted by Gasteiger charge is 2.31. The average Bonchev–Trinajstić information content (AvgIpc) is 3.07. The van der Waals surface area contributed by atoms with E-state index in [1.165, 1.54) is 0 Å². The van der Waals surface area contributed by atoms with Gasteiger partial charge in [0.15, 0.2) is 0 Å². The Hall–Kier alpha value is -3.31. The molecule has 0 radical (unpaired) electrons. The number of anilines is 2. The number of halogens is 1. The third-order valence-electron chi connectivity index (χ3n) is 5.14. The number of hydrogen-bond donors (Lipinski definition) is 2. The van der Waals surface area contributed by atoms with E-state index in [2.05, 4.69) is 17.6 Å². The molecule has 1 unspecified atom stereocenters. The number of urea groups is 1. The molecular formula is C24H22ClN3O2.